The molecule has 1 fully saturated rings. The van der Waals surface area contributed by atoms with E-state index in [4.69, 9.17) is 4.74 Å². The summed E-state index contributed by atoms with van der Waals surface area (Å²) in [5.74, 6) is 0.132. The summed E-state index contributed by atoms with van der Waals surface area (Å²) in [6.45, 7) is 3.90. The molecule has 1 amide bonds. The molecule has 1 unspecified atom stereocenters. The first-order valence-electron chi connectivity index (χ1n) is 8.78. The van der Waals surface area contributed by atoms with E-state index in [-0.39, 0.29) is 23.4 Å². The van der Waals surface area contributed by atoms with Gasteiger partial charge in [0.15, 0.2) is 11.6 Å². The lowest BCUT2D eigenvalue weighted by molar-refractivity contribution is 0.0626. The van der Waals surface area contributed by atoms with Gasteiger partial charge in [0.25, 0.3) is 5.91 Å². The monoisotopic (exact) mass is 362 g/mol. The minimum atomic E-state index is -0.350. The van der Waals surface area contributed by atoms with Gasteiger partial charge in [-0.2, -0.15) is 0 Å². The number of carbonyl (C=O) groups is 1. The van der Waals surface area contributed by atoms with Crippen molar-refractivity contribution in [1.29, 1.82) is 0 Å². The van der Waals surface area contributed by atoms with Crippen molar-refractivity contribution in [3.05, 3.63) is 46.2 Å². The van der Waals surface area contributed by atoms with Crippen LogP contribution in [-0.2, 0) is 6.42 Å². The van der Waals surface area contributed by atoms with Gasteiger partial charge in [0.1, 0.15) is 5.69 Å². The normalized spacial score (nSPS) is 17.5. The van der Waals surface area contributed by atoms with Gasteiger partial charge < -0.3 is 9.64 Å². The summed E-state index contributed by atoms with van der Waals surface area (Å²) in [5, 5.41) is 2.87. The molecule has 1 aliphatic heterocycles. The van der Waals surface area contributed by atoms with Crippen LogP contribution in [0.2, 0.25) is 0 Å². The number of likely N-dealkylation sites (tertiary alicyclic amines) is 1. The molecule has 25 heavy (non-hydrogen) atoms. The summed E-state index contributed by atoms with van der Waals surface area (Å²) in [4.78, 5) is 19.0. The van der Waals surface area contributed by atoms with Crippen molar-refractivity contribution >= 4 is 17.2 Å². The minimum absolute atomic E-state index is 0.00538. The first-order valence-corrected chi connectivity index (χ1v) is 9.66. The van der Waals surface area contributed by atoms with E-state index in [0.717, 1.165) is 37.2 Å². The summed E-state index contributed by atoms with van der Waals surface area (Å²) in [6.07, 6.45) is 3.86. The van der Waals surface area contributed by atoms with E-state index < -0.39 is 0 Å². The van der Waals surface area contributed by atoms with E-state index in [1.54, 1.807) is 29.5 Å². The molecule has 2 aromatic rings. The fourth-order valence-electron chi connectivity index (χ4n) is 3.05. The lowest BCUT2D eigenvalue weighted by Crippen LogP contribution is -2.41. The van der Waals surface area contributed by atoms with Crippen LogP contribution >= 0.6 is 11.3 Å². The van der Waals surface area contributed by atoms with Crippen LogP contribution in [0, 0.1) is 11.7 Å². The Kier molecular flexibility index (Phi) is 6.02. The Bertz CT molecular complexity index is 719. The number of ether oxygens (including phenoxy) is 1. The van der Waals surface area contributed by atoms with Crippen molar-refractivity contribution in [2.24, 2.45) is 5.92 Å². The lowest BCUT2D eigenvalue weighted by atomic mass is 9.98. The Hall–Kier alpha value is -1.95. The van der Waals surface area contributed by atoms with E-state index in [1.165, 1.54) is 6.07 Å². The number of aromatic nitrogens is 1. The Morgan fingerprint density at radius 3 is 3.08 bits per heavy atom. The third-order valence-corrected chi connectivity index (χ3v) is 5.26. The van der Waals surface area contributed by atoms with Gasteiger partial charge in [-0.05, 0) is 37.8 Å². The SMILES string of the molecule is CCCc1nc(C(=O)N2CCCC(COc3ccccc3F)C2)cs1. The first kappa shape index (κ1) is 17.9. The number of halogens is 1. The maximum atomic E-state index is 13.6. The van der Waals surface area contributed by atoms with Crippen LogP contribution in [0.3, 0.4) is 0 Å². The van der Waals surface area contributed by atoms with Gasteiger partial charge in [0.2, 0.25) is 0 Å². The maximum absolute atomic E-state index is 13.6. The molecule has 1 aromatic heterocycles. The van der Waals surface area contributed by atoms with Crippen molar-refractivity contribution in [1.82, 2.24) is 9.88 Å². The second kappa shape index (κ2) is 8.43. The fraction of sp³-hybridized carbons (Fsp3) is 0.474. The molecule has 0 spiro atoms. The van der Waals surface area contributed by atoms with E-state index in [2.05, 4.69) is 11.9 Å². The van der Waals surface area contributed by atoms with E-state index in [0.29, 0.717) is 18.8 Å². The first-order chi connectivity index (χ1) is 12.2. The molecule has 0 saturated carbocycles. The van der Waals surface area contributed by atoms with Crippen LogP contribution < -0.4 is 4.74 Å². The van der Waals surface area contributed by atoms with Gasteiger partial charge in [0, 0.05) is 24.4 Å². The van der Waals surface area contributed by atoms with Gasteiger partial charge in [-0.15, -0.1) is 11.3 Å². The fourth-order valence-corrected chi connectivity index (χ4v) is 3.93. The predicted molar refractivity (Wildman–Crippen MR) is 96.6 cm³/mol. The Balaban J connectivity index is 1.56. The Morgan fingerprint density at radius 1 is 1.44 bits per heavy atom. The molecule has 1 aliphatic rings. The molecule has 0 radical (unpaired) electrons. The van der Waals surface area contributed by atoms with Crippen molar-refractivity contribution in [3.8, 4) is 5.75 Å². The number of para-hydroxylation sites is 1. The molecule has 0 N–H and O–H groups in total. The molecule has 3 rings (SSSR count). The summed E-state index contributed by atoms with van der Waals surface area (Å²) >= 11 is 1.55. The standard InChI is InChI=1S/C19H23FN2O2S/c1-2-6-18-21-16(13-25-18)19(23)22-10-5-7-14(11-22)12-24-17-9-4-3-8-15(17)20/h3-4,8-9,13-14H,2,5-7,10-12H2,1H3. The zero-order chi connectivity index (χ0) is 17.6. The van der Waals surface area contributed by atoms with Crippen molar-refractivity contribution in [2.75, 3.05) is 19.7 Å². The minimum Gasteiger partial charge on any atom is -0.490 e. The average Bonchev–Trinajstić information content (AvgIpc) is 3.10. The lowest BCUT2D eigenvalue weighted by Gasteiger charge is -2.32. The number of benzene rings is 1. The molecular formula is C19H23FN2O2S. The van der Waals surface area contributed by atoms with Crippen LogP contribution in [0.15, 0.2) is 29.6 Å². The van der Waals surface area contributed by atoms with Crippen molar-refractivity contribution in [2.45, 2.75) is 32.6 Å². The number of aryl methyl sites for hydroxylation is 1. The zero-order valence-electron chi connectivity index (χ0n) is 14.4. The molecule has 0 bridgehead atoms. The number of rotatable bonds is 6. The smallest absolute Gasteiger partial charge is 0.273 e. The van der Waals surface area contributed by atoms with Crippen molar-refractivity contribution < 1.29 is 13.9 Å². The molecule has 4 nitrogen and oxygen atoms in total. The third-order valence-electron chi connectivity index (χ3n) is 4.35. The van der Waals surface area contributed by atoms with Crippen LogP contribution in [0.25, 0.3) is 0 Å². The number of amides is 1. The second-order valence-electron chi connectivity index (χ2n) is 6.38. The number of hydrogen-bond acceptors (Lipinski definition) is 4. The average molecular weight is 362 g/mol. The predicted octanol–water partition coefficient (Wildman–Crippen LogP) is 4.17. The highest BCUT2D eigenvalue weighted by Crippen LogP contribution is 2.22. The third kappa shape index (κ3) is 4.57. The summed E-state index contributed by atoms with van der Waals surface area (Å²) in [7, 11) is 0. The van der Waals surface area contributed by atoms with Gasteiger partial charge >= 0.3 is 0 Å². The number of piperidine rings is 1. The van der Waals surface area contributed by atoms with E-state index in [9.17, 15) is 9.18 Å². The number of hydrogen-bond donors (Lipinski definition) is 0. The second-order valence-corrected chi connectivity index (χ2v) is 7.32. The molecule has 1 aromatic carbocycles. The summed E-state index contributed by atoms with van der Waals surface area (Å²) in [5.41, 5.74) is 0.545. The van der Waals surface area contributed by atoms with Crippen LogP contribution in [0.5, 0.6) is 5.75 Å². The molecule has 0 aliphatic carbocycles. The van der Waals surface area contributed by atoms with Gasteiger partial charge in [-0.1, -0.05) is 19.1 Å². The van der Waals surface area contributed by atoms with E-state index >= 15 is 0 Å². The molecular weight excluding hydrogens is 339 g/mol. The van der Waals surface area contributed by atoms with Crippen molar-refractivity contribution in [3.63, 3.8) is 0 Å². The topological polar surface area (TPSA) is 42.4 Å². The highest BCUT2D eigenvalue weighted by Gasteiger charge is 2.26. The maximum Gasteiger partial charge on any atom is 0.273 e. The molecule has 6 heteroatoms. The molecule has 2 heterocycles. The number of carbonyl (C=O) groups excluding carboxylic acids is 1. The summed E-state index contributed by atoms with van der Waals surface area (Å²) in [6, 6.07) is 6.42. The van der Waals surface area contributed by atoms with Gasteiger partial charge in [-0.3, -0.25) is 4.79 Å². The highest BCUT2D eigenvalue weighted by molar-refractivity contribution is 7.09. The summed E-state index contributed by atoms with van der Waals surface area (Å²) < 4.78 is 19.3. The van der Waals surface area contributed by atoms with Crippen LogP contribution in [-0.4, -0.2) is 35.5 Å². The van der Waals surface area contributed by atoms with Crippen LogP contribution in [0.1, 0.15) is 41.7 Å². The molecule has 134 valence electrons. The molecule has 1 atom stereocenters. The quantitative estimate of drug-likeness (QED) is 0.775. The van der Waals surface area contributed by atoms with E-state index in [1.807, 2.05) is 10.3 Å². The number of nitrogens with zero attached hydrogens (tertiary/aromatic N) is 2. The zero-order valence-corrected chi connectivity index (χ0v) is 15.2. The largest absolute Gasteiger partial charge is 0.490 e. The number of thiazole rings is 1. The van der Waals surface area contributed by atoms with Crippen LogP contribution in [0.4, 0.5) is 4.39 Å². The Labute approximate surface area is 151 Å². The van der Waals surface area contributed by atoms with Gasteiger partial charge in [0.05, 0.1) is 11.6 Å². The van der Waals surface area contributed by atoms with Gasteiger partial charge in [-0.25, -0.2) is 9.37 Å². The highest BCUT2D eigenvalue weighted by atomic mass is 32.1. The molecule has 1 saturated heterocycles. The Morgan fingerprint density at radius 2 is 2.28 bits per heavy atom.